The van der Waals surface area contributed by atoms with Crippen molar-refractivity contribution < 1.29 is 0 Å². The van der Waals surface area contributed by atoms with E-state index in [0.717, 1.165) is 49.0 Å². The number of hydrogen-bond donors (Lipinski definition) is 0. The summed E-state index contributed by atoms with van der Waals surface area (Å²) in [5.74, 6) is 1.96. The number of rotatable bonds is 2. The zero-order valence-electron chi connectivity index (χ0n) is 12.6. The minimum Gasteiger partial charge on any atom is -0.356 e. The summed E-state index contributed by atoms with van der Waals surface area (Å²) in [5, 5.41) is 5.47. The highest BCUT2D eigenvalue weighted by molar-refractivity contribution is 5.88. The van der Waals surface area contributed by atoms with Crippen molar-refractivity contribution in [2.24, 2.45) is 7.05 Å². The van der Waals surface area contributed by atoms with E-state index >= 15 is 0 Å². The van der Waals surface area contributed by atoms with Gasteiger partial charge in [-0.05, 0) is 32.1 Å². The van der Waals surface area contributed by atoms with Crippen LogP contribution in [0.3, 0.4) is 0 Å². The first kappa shape index (κ1) is 12.9. The predicted molar refractivity (Wildman–Crippen MR) is 83.8 cm³/mol. The van der Waals surface area contributed by atoms with Gasteiger partial charge in [-0.1, -0.05) is 0 Å². The molecule has 0 unspecified atom stereocenters. The van der Waals surface area contributed by atoms with E-state index in [4.69, 9.17) is 9.97 Å². The van der Waals surface area contributed by atoms with Crippen LogP contribution in [0.2, 0.25) is 0 Å². The Hall–Kier alpha value is -1.85. The molecular formula is C15H22N6. The Balaban J connectivity index is 1.82. The van der Waals surface area contributed by atoms with Gasteiger partial charge in [-0.15, -0.1) is 0 Å². The molecule has 2 aromatic rings. The van der Waals surface area contributed by atoms with Gasteiger partial charge in [0.25, 0.3) is 0 Å². The van der Waals surface area contributed by atoms with E-state index in [1.54, 1.807) is 0 Å². The summed E-state index contributed by atoms with van der Waals surface area (Å²) in [6.07, 6.45) is 8.23. The molecule has 0 spiro atoms. The van der Waals surface area contributed by atoms with E-state index in [2.05, 4.69) is 14.9 Å². The van der Waals surface area contributed by atoms with E-state index in [9.17, 15) is 0 Å². The Morgan fingerprint density at radius 3 is 2.29 bits per heavy atom. The van der Waals surface area contributed by atoms with Gasteiger partial charge in [0.05, 0.1) is 11.6 Å². The molecule has 0 atom stereocenters. The van der Waals surface area contributed by atoms with Gasteiger partial charge < -0.3 is 9.80 Å². The molecule has 0 amide bonds. The molecule has 2 aliphatic rings. The summed E-state index contributed by atoms with van der Waals surface area (Å²) < 4.78 is 1.87. The highest BCUT2D eigenvalue weighted by Crippen LogP contribution is 2.29. The van der Waals surface area contributed by atoms with Gasteiger partial charge in [-0.3, -0.25) is 4.68 Å². The smallest absolute Gasteiger partial charge is 0.229 e. The third-order valence-corrected chi connectivity index (χ3v) is 4.60. The van der Waals surface area contributed by atoms with Crippen LogP contribution in [0.25, 0.3) is 11.0 Å². The van der Waals surface area contributed by atoms with E-state index in [0.29, 0.717) is 0 Å². The molecular weight excluding hydrogens is 264 g/mol. The molecule has 0 radical (unpaired) electrons. The van der Waals surface area contributed by atoms with Crippen LogP contribution < -0.4 is 9.80 Å². The third-order valence-electron chi connectivity index (χ3n) is 4.60. The molecule has 0 aliphatic carbocycles. The van der Waals surface area contributed by atoms with Crippen molar-refractivity contribution in [3.8, 4) is 0 Å². The largest absolute Gasteiger partial charge is 0.356 e. The Labute approximate surface area is 124 Å². The number of nitrogens with zero attached hydrogens (tertiary/aromatic N) is 6. The van der Waals surface area contributed by atoms with Crippen LogP contribution >= 0.6 is 0 Å². The van der Waals surface area contributed by atoms with Crippen LogP contribution in [0, 0.1) is 0 Å². The van der Waals surface area contributed by atoms with Crippen molar-refractivity contribution in [1.29, 1.82) is 0 Å². The van der Waals surface area contributed by atoms with Crippen molar-refractivity contribution in [1.82, 2.24) is 19.7 Å². The highest BCUT2D eigenvalue weighted by Gasteiger charge is 2.22. The lowest BCUT2D eigenvalue weighted by Gasteiger charge is -2.29. The standard InChI is InChI=1S/C15H22N6/c1-19-13-12(11-16-19)14(20-7-3-2-4-8-20)18-15(17-13)21-9-5-6-10-21/h11H,2-10H2,1H3. The lowest BCUT2D eigenvalue weighted by molar-refractivity contribution is 0.574. The van der Waals surface area contributed by atoms with Crippen molar-refractivity contribution >= 4 is 22.8 Å². The van der Waals surface area contributed by atoms with Crippen LogP contribution in [0.15, 0.2) is 6.20 Å². The molecule has 112 valence electrons. The molecule has 0 bridgehead atoms. The Kier molecular flexibility index (Phi) is 3.16. The van der Waals surface area contributed by atoms with Crippen LogP contribution in [-0.2, 0) is 7.05 Å². The summed E-state index contributed by atoms with van der Waals surface area (Å²) in [6.45, 7) is 4.34. The lowest BCUT2D eigenvalue weighted by atomic mass is 10.1. The van der Waals surface area contributed by atoms with E-state index < -0.39 is 0 Å². The predicted octanol–water partition coefficient (Wildman–Crippen LogP) is 1.95. The van der Waals surface area contributed by atoms with Crippen LogP contribution in [0.4, 0.5) is 11.8 Å². The molecule has 0 aromatic carbocycles. The van der Waals surface area contributed by atoms with Gasteiger partial charge in [0.15, 0.2) is 5.65 Å². The second-order valence-electron chi connectivity index (χ2n) is 6.09. The van der Waals surface area contributed by atoms with Crippen molar-refractivity contribution in [2.75, 3.05) is 36.0 Å². The fourth-order valence-corrected chi connectivity index (χ4v) is 3.40. The number of hydrogen-bond acceptors (Lipinski definition) is 5. The molecule has 4 rings (SSSR count). The zero-order valence-corrected chi connectivity index (χ0v) is 12.6. The molecule has 2 aromatic heterocycles. The number of aryl methyl sites for hydroxylation is 1. The van der Waals surface area contributed by atoms with E-state index in [1.807, 2.05) is 17.9 Å². The average Bonchev–Trinajstić information content (AvgIpc) is 3.18. The molecule has 0 N–H and O–H groups in total. The minimum atomic E-state index is 0.879. The first-order valence-electron chi connectivity index (χ1n) is 8.02. The van der Waals surface area contributed by atoms with E-state index in [-0.39, 0.29) is 0 Å². The van der Waals surface area contributed by atoms with Gasteiger partial charge in [-0.2, -0.15) is 15.1 Å². The topological polar surface area (TPSA) is 50.1 Å². The fraction of sp³-hybridized carbons (Fsp3) is 0.667. The third kappa shape index (κ3) is 2.22. The number of piperidine rings is 1. The Morgan fingerprint density at radius 1 is 0.857 bits per heavy atom. The van der Waals surface area contributed by atoms with Gasteiger partial charge in [0, 0.05) is 33.2 Å². The first-order chi connectivity index (χ1) is 10.3. The average molecular weight is 286 g/mol. The van der Waals surface area contributed by atoms with Crippen LogP contribution in [-0.4, -0.2) is 45.9 Å². The molecule has 6 nitrogen and oxygen atoms in total. The maximum atomic E-state index is 4.91. The molecule has 2 fully saturated rings. The van der Waals surface area contributed by atoms with Crippen LogP contribution in [0.5, 0.6) is 0 Å². The second kappa shape index (κ2) is 5.16. The minimum absolute atomic E-state index is 0.879. The summed E-state index contributed by atoms with van der Waals surface area (Å²) >= 11 is 0. The van der Waals surface area contributed by atoms with Crippen molar-refractivity contribution in [3.63, 3.8) is 0 Å². The molecule has 4 heterocycles. The van der Waals surface area contributed by atoms with Crippen molar-refractivity contribution in [2.45, 2.75) is 32.1 Å². The lowest BCUT2D eigenvalue weighted by Crippen LogP contribution is -2.31. The Morgan fingerprint density at radius 2 is 1.52 bits per heavy atom. The zero-order chi connectivity index (χ0) is 14.2. The maximum absolute atomic E-state index is 4.91. The highest BCUT2D eigenvalue weighted by atomic mass is 15.3. The summed E-state index contributed by atoms with van der Waals surface area (Å²) in [4.78, 5) is 14.4. The Bertz CT molecular complexity index is 637. The van der Waals surface area contributed by atoms with Crippen LogP contribution in [0.1, 0.15) is 32.1 Å². The number of aromatic nitrogens is 4. The van der Waals surface area contributed by atoms with Gasteiger partial charge >= 0.3 is 0 Å². The van der Waals surface area contributed by atoms with E-state index in [1.165, 1.54) is 32.1 Å². The summed E-state index contributed by atoms with van der Waals surface area (Å²) in [5.41, 5.74) is 0.951. The molecule has 2 aliphatic heterocycles. The summed E-state index contributed by atoms with van der Waals surface area (Å²) in [6, 6.07) is 0. The molecule has 21 heavy (non-hydrogen) atoms. The maximum Gasteiger partial charge on any atom is 0.229 e. The normalized spacial score (nSPS) is 19.7. The van der Waals surface area contributed by atoms with Gasteiger partial charge in [0.1, 0.15) is 5.82 Å². The fourth-order valence-electron chi connectivity index (χ4n) is 3.40. The van der Waals surface area contributed by atoms with Crippen molar-refractivity contribution in [3.05, 3.63) is 6.20 Å². The SMILES string of the molecule is Cn1ncc2c(N3CCCCC3)nc(N3CCCC3)nc21. The molecule has 6 heteroatoms. The molecule has 2 saturated heterocycles. The number of anilines is 2. The second-order valence-corrected chi connectivity index (χ2v) is 6.09. The van der Waals surface area contributed by atoms with Gasteiger partial charge in [0.2, 0.25) is 5.95 Å². The van der Waals surface area contributed by atoms with Gasteiger partial charge in [-0.25, -0.2) is 0 Å². The monoisotopic (exact) mass is 286 g/mol. The quantitative estimate of drug-likeness (QED) is 0.844. The first-order valence-corrected chi connectivity index (χ1v) is 8.02. The summed E-state index contributed by atoms with van der Waals surface area (Å²) in [7, 11) is 1.96. The number of fused-ring (bicyclic) bond motifs is 1. The molecule has 0 saturated carbocycles.